The summed E-state index contributed by atoms with van der Waals surface area (Å²) < 4.78 is 0. The zero-order valence-corrected chi connectivity index (χ0v) is 7.53. The van der Waals surface area contributed by atoms with E-state index in [2.05, 4.69) is 0 Å². The number of hydrogen-bond acceptors (Lipinski definition) is 3. The summed E-state index contributed by atoms with van der Waals surface area (Å²) in [5, 5.41) is 9.12. The predicted octanol–water partition coefficient (Wildman–Crippen LogP) is 0.851. The highest BCUT2D eigenvalue weighted by Gasteiger charge is 2.08. The highest BCUT2D eigenvalue weighted by molar-refractivity contribution is 5.85. The molecule has 0 fully saturated rings. The third-order valence-corrected chi connectivity index (χ3v) is 1.80. The average molecular weight is 179 g/mol. The lowest BCUT2D eigenvalue weighted by molar-refractivity contribution is -0.119. The summed E-state index contributed by atoms with van der Waals surface area (Å²) in [5.74, 6) is 0.153. The van der Waals surface area contributed by atoms with Crippen molar-refractivity contribution in [3.05, 3.63) is 29.8 Å². The van der Waals surface area contributed by atoms with Crippen LogP contribution in [0.5, 0.6) is 5.75 Å². The lowest BCUT2D eigenvalue weighted by atomic mass is 10.1. The quantitative estimate of drug-likeness (QED) is 0.723. The average Bonchev–Trinajstić information content (AvgIpc) is 2.04. The van der Waals surface area contributed by atoms with Crippen LogP contribution in [0.4, 0.5) is 0 Å². The molecule has 1 aromatic rings. The Balaban J connectivity index is 2.69. The third kappa shape index (κ3) is 2.87. The van der Waals surface area contributed by atoms with Crippen LogP contribution in [0.1, 0.15) is 12.5 Å². The number of rotatable bonds is 3. The normalized spacial score (nSPS) is 12.5. The molecule has 0 aliphatic heterocycles. The summed E-state index contributed by atoms with van der Waals surface area (Å²) in [6.07, 6.45) is 0.284. The summed E-state index contributed by atoms with van der Waals surface area (Å²) in [6.45, 7) is 1.66. The van der Waals surface area contributed by atoms with Gasteiger partial charge in [-0.3, -0.25) is 4.79 Å². The molecule has 1 atom stereocenters. The van der Waals surface area contributed by atoms with Gasteiger partial charge in [0, 0.05) is 6.42 Å². The third-order valence-electron chi connectivity index (χ3n) is 1.80. The smallest absolute Gasteiger partial charge is 0.153 e. The summed E-state index contributed by atoms with van der Waals surface area (Å²) in [6, 6.07) is 6.20. The highest BCUT2D eigenvalue weighted by atomic mass is 16.3. The van der Waals surface area contributed by atoms with Gasteiger partial charge in [0.2, 0.25) is 0 Å². The lowest BCUT2D eigenvalue weighted by Crippen LogP contribution is -2.28. The Labute approximate surface area is 77.2 Å². The molecule has 0 amide bonds. The molecule has 13 heavy (non-hydrogen) atoms. The van der Waals surface area contributed by atoms with Gasteiger partial charge < -0.3 is 10.8 Å². The van der Waals surface area contributed by atoms with Crippen LogP contribution in [0.25, 0.3) is 0 Å². The molecular formula is C10H13NO2. The molecule has 1 aromatic carbocycles. The number of ketones is 1. The van der Waals surface area contributed by atoms with E-state index >= 15 is 0 Å². The molecule has 0 aliphatic carbocycles. The summed E-state index contributed by atoms with van der Waals surface area (Å²) in [5.41, 5.74) is 6.20. The van der Waals surface area contributed by atoms with E-state index in [-0.39, 0.29) is 18.0 Å². The fourth-order valence-corrected chi connectivity index (χ4v) is 1.03. The Kier molecular flexibility index (Phi) is 3.03. The van der Waals surface area contributed by atoms with Gasteiger partial charge in [-0.2, -0.15) is 0 Å². The van der Waals surface area contributed by atoms with Crippen LogP contribution >= 0.6 is 0 Å². The van der Waals surface area contributed by atoms with E-state index in [0.29, 0.717) is 0 Å². The van der Waals surface area contributed by atoms with E-state index in [0.717, 1.165) is 5.56 Å². The first-order chi connectivity index (χ1) is 6.09. The molecule has 0 aromatic heterocycles. The van der Waals surface area contributed by atoms with Crippen molar-refractivity contribution in [3.8, 4) is 5.75 Å². The molecule has 3 heteroatoms. The van der Waals surface area contributed by atoms with Crippen LogP contribution in [0.15, 0.2) is 24.3 Å². The van der Waals surface area contributed by atoms with Crippen molar-refractivity contribution in [3.63, 3.8) is 0 Å². The molecule has 0 heterocycles. The van der Waals surface area contributed by atoms with Gasteiger partial charge >= 0.3 is 0 Å². The molecule has 0 saturated heterocycles. The fourth-order valence-electron chi connectivity index (χ4n) is 1.03. The molecule has 70 valence electrons. The van der Waals surface area contributed by atoms with Crippen LogP contribution in [0.2, 0.25) is 0 Å². The first-order valence-corrected chi connectivity index (χ1v) is 4.16. The van der Waals surface area contributed by atoms with Crippen molar-refractivity contribution >= 4 is 5.78 Å². The number of hydrogen-bond donors (Lipinski definition) is 2. The maximum atomic E-state index is 11.2. The molecule has 0 aliphatic rings. The molecule has 0 bridgehead atoms. The maximum absolute atomic E-state index is 11.2. The second-order valence-corrected chi connectivity index (χ2v) is 3.10. The largest absolute Gasteiger partial charge is 0.508 e. The number of aromatic hydroxyl groups is 1. The zero-order chi connectivity index (χ0) is 9.84. The van der Waals surface area contributed by atoms with Gasteiger partial charge in [-0.1, -0.05) is 12.1 Å². The second-order valence-electron chi connectivity index (χ2n) is 3.10. The number of Topliss-reactive ketones (excluding diaryl/α,β-unsaturated/α-hetero) is 1. The Morgan fingerprint density at radius 1 is 1.62 bits per heavy atom. The van der Waals surface area contributed by atoms with Gasteiger partial charge in [-0.15, -0.1) is 0 Å². The van der Waals surface area contributed by atoms with Gasteiger partial charge in [0.1, 0.15) is 5.75 Å². The summed E-state index contributed by atoms with van der Waals surface area (Å²) in [7, 11) is 0. The van der Waals surface area contributed by atoms with Crippen molar-refractivity contribution < 1.29 is 9.90 Å². The first kappa shape index (κ1) is 9.74. The lowest BCUT2D eigenvalue weighted by Gasteiger charge is -2.04. The Bertz CT molecular complexity index is 308. The maximum Gasteiger partial charge on any atom is 0.153 e. The summed E-state index contributed by atoms with van der Waals surface area (Å²) in [4.78, 5) is 11.2. The molecule has 0 radical (unpaired) electrons. The molecule has 0 spiro atoms. The van der Waals surface area contributed by atoms with E-state index in [1.165, 1.54) is 0 Å². The van der Waals surface area contributed by atoms with Crippen LogP contribution < -0.4 is 5.73 Å². The molecule has 3 N–H and O–H groups in total. The molecule has 0 saturated carbocycles. The fraction of sp³-hybridized carbons (Fsp3) is 0.300. The van der Waals surface area contributed by atoms with E-state index < -0.39 is 6.04 Å². The van der Waals surface area contributed by atoms with Gasteiger partial charge in [-0.05, 0) is 24.6 Å². The van der Waals surface area contributed by atoms with Gasteiger partial charge in [0.05, 0.1) is 6.04 Å². The first-order valence-electron chi connectivity index (χ1n) is 4.16. The van der Waals surface area contributed by atoms with Gasteiger partial charge in [0.15, 0.2) is 5.78 Å². The van der Waals surface area contributed by atoms with Gasteiger partial charge in [-0.25, -0.2) is 0 Å². The van der Waals surface area contributed by atoms with Crippen molar-refractivity contribution in [2.24, 2.45) is 5.73 Å². The standard InChI is InChI=1S/C10H13NO2/c1-7(11)10(13)6-8-3-2-4-9(12)5-8/h2-5,7,12H,6,11H2,1H3. The van der Waals surface area contributed by atoms with E-state index in [1.54, 1.807) is 31.2 Å². The molecule has 3 nitrogen and oxygen atoms in total. The number of phenols is 1. The number of nitrogens with two attached hydrogens (primary N) is 1. The van der Waals surface area contributed by atoms with E-state index in [4.69, 9.17) is 10.8 Å². The number of benzene rings is 1. The topological polar surface area (TPSA) is 63.3 Å². The van der Waals surface area contributed by atoms with Crippen LogP contribution in [-0.2, 0) is 11.2 Å². The minimum atomic E-state index is -0.442. The van der Waals surface area contributed by atoms with Gasteiger partial charge in [0.25, 0.3) is 0 Å². The van der Waals surface area contributed by atoms with Crippen molar-refractivity contribution in [1.82, 2.24) is 0 Å². The van der Waals surface area contributed by atoms with Crippen LogP contribution in [0, 0.1) is 0 Å². The monoisotopic (exact) mass is 179 g/mol. The van der Waals surface area contributed by atoms with E-state index in [1.807, 2.05) is 0 Å². The SMILES string of the molecule is CC(N)C(=O)Cc1cccc(O)c1. The molecular weight excluding hydrogens is 166 g/mol. The van der Waals surface area contributed by atoms with Crippen molar-refractivity contribution in [2.45, 2.75) is 19.4 Å². The molecule has 1 unspecified atom stereocenters. The van der Waals surface area contributed by atoms with Crippen LogP contribution in [0.3, 0.4) is 0 Å². The summed E-state index contributed by atoms with van der Waals surface area (Å²) >= 11 is 0. The van der Waals surface area contributed by atoms with Crippen molar-refractivity contribution in [2.75, 3.05) is 0 Å². The van der Waals surface area contributed by atoms with Crippen LogP contribution in [-0.4, -0.2) is 16.9 Å². The number of carbonyl (C=O) groups is 1. The number of carbonyl (C=O) groups excluding carboxylic acids is 1. The highest BCUT2D eigenvalue weighted by Crippen LogP contribution is 2.11. The minimum absolute atomic E-state index is 0.0226. The molecule has 1 rings (SSSR count). The van der Waals surface area contributed by atoms with Crippen molar-refractivity contribution in [1.29, 1.82) is 0 Å². The Morgan fingerprint density at radius 3 is 2.85 bits per heavy atom. The number of phenolic OH excluding ortho intramolecular Hbond substituents is 1. The Hall–Kier alpha value is -1.35. The minimum Gasteiger partial charge on any atom is -0.508 e. The zero-order valence-electron chi connectivity index (χ0n) is 7.53. The second kappa shape index (κ2) is 4.05. The Morgan fingerprint density at radius 2 is 2.31 bits per heavy atom. The predicted molar refractivity (Wildman–Crippen MR) is 50.5 cm³/mol. The van der Waals surface area contributed by atoms with E-state index in [9.17, 15) is 4.79 Å².